The van der Waals surface area contributed by atoms with Gasteiger partial charge in [0, 0.05) is 0 Å². The van der Waals surface area contributed by atoms with Gasteiger partial charge in [0.2, 0.25) is 5.91 Å². The highest BCUT2D eigenvalue weighted by Crippen LogP contribution is 2.23. The fourth-order valence-corrected chi connectivity index (χ4v) is 4.34. The van der Waals surface area contributed by atoms with Crippen molar-refractivity contribution in [2.45, 2.75) is 30.4 Å². The summed E-state index contributed by atoms with van der Waals surface area (Å²) in [6.45, 7) is 4.27. The first kappa shape index (κ1) is 21.8. The van der Waals surface area contributed by atoms with Crippen LogP contribution in [-0.4, -0.2) is 37.6 Å². The lowest BCUT2D eigenvalue weighted by Gasteiger charge is -2.08. The highest BCUT2D eigenvalue weighted by atomic mass is 32.2. The maximum atomic E-state index is 12.5. The van der Waals surface area contributed by atoms with Crippen LogP contribution in [0.3, 0.4) is 0 Å². The van der Waals surface area contributed by atoms with Gasteiger partial charge in [-0.3, -0.25) is 4.79 Å². The summed E-state index contributed by atoms with van der Waals surface area (Å²) in [5.41, 5.74) is 0.597. The van der Waals surface area contributed by atoms with Gasteiger partial charge in [-0.05, 0) is 55.3 Å². The van der Waals surface area contributed by atoms with Gasteiger partial charge in [0.05, 0.1) is 18.1 Å². The van der Waals surface area contributed by atoms with E-state index in [2.05, 4.69) is 15.5 Å². The van der Waals surface area contributed by atoms with E-state index in [1.807, 2.05) is 13.8 Å². The number of benzene rings is 2. The summed E-state index contributed by atoms with van der Waals surface area (Å²) in [5.74, 6) is 0.652. The Morgan fingerprint density at radius 1 is 1.13 bits per heavy atom. The highest BCUT2D eigenvalue weighted by Gasteiger charge is 2.28. The molecule has 2 aromatic rings. The third-order valence-corrected chi connectivity index (χ3v) is 6.49. The number of ether oxygens (including phenoxy) is 1. The van der Waals surface area contributed by atoms with Crippen molar-refractivity contribution in [3.05, 3.63) is 54.1 Å². The Labute approximate surface area is 179 Å². The van der Waals surface area contributed by atoms with E-state index in [1.165, 1.54) is 42.2 Å². The molecule has 0 aliphatic carbocycles. The normalized spacial score (nSPS) is 18.0. The van der Waals surface area contributed by atoms with Crippen molar-refractivity contribution in [1.82, 2.24) is 5.32 Å². The number of nitrogens with one attached hydrogen (secondary N) is 1. The third kappa shape index (κ3) is 5.61. The minimum absolute atomic E-state index is 0.0240. The number of thioether (sulfide) groups is 1. The summed E-state index contributed by atoms with van der Waals surface area (Å²) in [6.07, 6.45) is 2.16. The van der Waals surface area contributed by atoms with E-state index >= 15 is 0 Å². The number of hydrogen-bond donors (Lipinski definition) is 1. The molecule has 0 saturated carbocycles. The molecule has 1 fully saturated rings. The molecular weight excluding hydrogens is 426 g/mol. The molecule has 10 heteroatoms. The van der Waals surface area contributed by atoms with Crippen LogP contribution in [-0.2, 0) is 14.9 Å². The van der Waals surface area contributed by atoms with Crippen LogP contribution in [0.1, 0.15) is 25.8 Å². The van der Waals surface area contributed by atoms with Gasteiger partial charge in [-0.15, -0.1) is 5.10 Å². The van der Waals surface area contributed by atoms with Crippen molar-refractivity contribution in [2.75, 3.05) is 6.61 Å². The topological polar surface area (TPSA) is 106 Å². The summed E-state index contributed by atoms with van der Waals surface area (Å²) in [7, 11) is -3.99. The molecule has 0 aromatic heterocycles. The maximum absolute atomic E-state index is 12.5. The second-order valence-electron chi connectivity index (χ2n) is 6.17. The lowest BCUT2D eigenvalue weighted by atomic mass is 10.2. The van der Waals surface area contributed by atoms with Crippen molar-refractivity contribution >= 4 is 39.2 Å². The van der Waals surface area contributed by atoms with Crippen molar-refractivity contribution in [3.63, 3.8) is 0 Å². The van der Waals surface area contributed by atoms with Crippen molar-refractivity contribution in [1.29, 1.82) is 0 Å². The molecule has 1 aliphatic rings. The minimum atomic E-state index is -3.99. The molecule has 2 aromatic carbocycles. The molecule has 158 valence electrons. The first-order valence-corrected chi connectivity index (χ1v) is 11.6. The monoisotopic (exact) mass is 447 g/mol. The molecule has 0 bridgehead atoms. The summed E-state index contributed by atoms with van der Waals surface area (Å²) in [6, 6.07) is 12.5. The lowest BCUT2D eigenvalue weighted by Crippen LogP contribution is -2.24. The second kappa shape index (κ2) is 9.77. The average Bonchev–Trinajstić information content (AvgIpc) is 3.08. The Bertz CT molecular complexity index is 1070. The molecule has 0 radical (unpaired) electrons. The summed E-state index contributed by atoms with van der Waals surface area (Å²) < 4.78 is 35.5. The molecule has 1 amide bonds. The smallest absolute Gasteiger partial charge is 0.339 e. The Hall–Kier alpha value is -2.85. The zero-order chi connectivity index (χ0) is 21.6. The van der Waals surface area contributed by atoms with Crippen molar-refractivity contribution in [3.8, 4) is 11.5 Å². The average molecular weight is 448 g/mol. The molecular formula is C20H21N3O5S2. The molecule has 0 unspecified atom stereocenters. The first-order chi connectivity index (χ1) is 14.4. The zero-order valence-electron chi connectivity index (χ0n) is 16.4. The van der Waals surface area contributed by atoms with Gasteiger partial charge < -0.3 is 14.2 Å². The number of carbonyl (C=O) groups excluding carboxylic acids is 1. The SMILES string of the molecule is CCOc1ccc(S(=O)(=O)Oc2cccc(/C=N\N=C3\NC(=O)[C@@H](CC)S3)c2)cc1. The number of rotatable bonds is 8. The Morgan fingerprint density at radius 3 is 2.57 bits per heavy atom. The predicted octanol–water partition coefficient (Wildman–Crippen LogP) is 3.18. The van der Waals surface area contributed by atoms with Crippen LogP contribution < -0.4 is 14.2 Å². The molecule has 0 spiro atoms. The molecule has 1 aliphatic heterocycles. The number of carbonyl (C=O) groups is 1. The van der Waals surface area contributed by atoms with Crippen molar-refractivity contribution < 1.29 is 22.1 Å². The van der Waals surface area contributed by atoms with Crippen LogP contribution in [0.2, 0.25) is 0 Å². The minimum Gasteiger partial charge on any atom is -0.494 e. The van der Waals surface area contributed by atoms with Crippen LogP contribution in [0.15, 0.2) is 63.6 Å². The van der Waals surface area contributed by atoms with E-state index in [9.17, 15) is 13.2 Å². The molecule has 1 N–H and O–H groups in total. The van der Waals surface area contributed by atoms with E-state index in [-0.39, 0.29) is 21.8 Å². The van der Waals surface area contributed by atoms with Crippen LogP contribution in [0.25, 0.3) is 0 Å². The Balaban J connectivity index is 1.68. The summed E-state index contributed by atoms with van der Waals surface area (Å²) in [5, 5.41) is 10.9. The van der Waals surface area contributed by atoms with Gasteiger partial charge in [0.25, 0.3) is 0 Å². The largest absolute Gasteiger partial charge is 0.494 e. The maximum Gasteiger partial charge on any atom is 0.339 e. The zero-order valence-corrected chi connectivity index (χ0v) is 18.1. The number of hydrogen-bond acceptors (Lipinski definition) is 8. The highest BCUT2D eigenvalue weighted by molar-refractivity contribution is 8.15. The van der Waals surface area contributed by atoms with Gasteiger partial charge in [0.15, 0.2) is 5.17 Å². The van der Waals surface area contributed by atoms with E-state index in [4.69, 9.17) is 8.92 Å². The molecule has 30 heavy (non-hydrogen) atoms. The number of amides is 1. The van der Waals surface area contributed by atoms with E-state index in [0.29, 0.717) is 29.5 Å². The predicted molar refractivity (Wildman–Crippen MR) is 117 cm³/mol. The Kier molecular flexibility index (Phi) is 7.11. The summed E-state index contributed by atoms with van der Waals surface area (Å²) >= 11 is 1.33. The standard InChI is InChI=1S/C20H21N3O5S2/c1-3-18-19(24)22-20(29-18)23-21-13-14-6-5-7-16(12-14)28-30(25,26)17-10-8-15(9-11-17)27-4-2/h5-13,18H,3-4H2,1-2H3,(H,22,23,24)/b21-13-/t18-/m1/s1. The third-order valence-electron chi connectivity index (χ3n) is 3.99. The lowest BCUT2D eigenvalue weighted by molar-refractivity contribution is -0.118. The number of nitrogens with zero attached hydrogens (tertiary/aromatic N) is 2. The Morgan fingerprint density at radius 2 is 1.90 bits per heavy atom. The molecule has 1 atom stereocenters. The molecule has 8 nitrogen and oxygen atoms in total. The van der Waals surface area contributed by atoms with Crippen LogP contribution in [0, 0.1) is 0 Å². The van der Waals surface area contributed by atoms with E-state index in [0.717, 1.165) is 0 Å². The molecule has 1 heterocycles. The van der Waals surface area contributed by atoms with Crippen LogP contribution >= 0.6 is 11.8 Å². The quantitative estimate of drug-likeness (QED) is 0.378. The second-order valence-corrected chi connectivity index (χ2v) is 8.91. The summed E-state index contributed by atoms with van der Waals surface area (Å²) in [4.78, 5) is 11.7. The van der Waals surface area contributed by atoms with Crippen molar-refractivity contribution in [2.24, 2.45) is 10.2 Å². The van der Waals surface area contributed by atoms with E-state index in [1.54, 1.807) is 24.3 Å². The molecule has 3 rings (SSSR count). The van der Waals surface area contributed by atoms with Gasteiger partial charge in [-0.1, -0.05) is 30.8 Å². The first-order valence-electron chi connectivity index (χ1n) is 9.27. The van der Waals surface area contributed by atoms with Crippen LogP contribution in [0.4, 0.5) is 0 Å². The van der Waals surface area contributed by atoms with Gasteiger partial charge in [-0.2, -0.15) is 13.5 Å². The van der Waals surface area contributed by atoms with Gasteiger partial charge in [0.1, 0.15) is 16.4 Å². The fraction of sp³-hybridized carbons (Fsp3) is 0.250. The van der Waals surface area contributed by atoms with Gasteiger partial charge >= 0.3 is 10.1 Å². The van der Waals surface area contributed by atoms with Gasteiger partial charge in [-0.25, -0.2) is 0 Å². The fourth-order valence-electron chi connectivity index (χ4n) is 2.56. The van der Waals surface area contributed by atoms with Crippen LogP contribution in [0.5, 0.6) is 11.5 Å². The van der Waals surface area contributed by atoms with E-state index < -0.39 is 10.1 Å². The molecule has 1 saturated heterocycles. The number of amidine groups is 1.